The topological polar surface area (TPSA) is 244 Å². The van der Waals surface area contributed by atoms with E-state index in [1.165, 1.54) is 36.4 Å². The number of nitrogens with one attached hydrogen (secondary N) is 4. The number of aromatic hydroxyl groups is 2. The minimum atomic E-state index is -1.70. The zero-order valence-electron chi connectivity index (χ0n) is 25.1. The maximum atomic E-state index is 13.5. The zero-order valence-corrected chi connectivity index (χ0v) is 25.1. The first kappa shape index (κ1) is 34.0. The fourth-order valence-corrected chi connectivity index (χ4v) is 4.98. The molecule has 246 valence electrons. The molecule has 0 saturated heterocycles. The lowest BCUT2D eigenvalue weighted by Crippen LogP contribution is -2.58. The van der Waals surface area contributed by atoms with Crippen LogP contribution in [0.15, 0.2) is 79.0 Å². The molecule has 0 bridgehead atoms. The molecule has 47 heavy (non-hydrogen) atoms. The predicted octanol–water partition coefficient (Wildman–Crippen LogP) is 0.948. The number of phenols is 2. The smallest absolute Gasteiger partial charge is 0.326 e. The van der Waals surface area contributed by atoms with Crippen molar-refractivity contribution in [2.75, 3.05) is 0 Å². The summed E-state index contributed by atoms with van der Waals surface area (Å²) in [5, 5.41) is 46.5. The first-order valence-electron chi connectivity index (χ1n) is 14.6. The fourth-order valence-electron chi connectivity index (χ4n) is 4.98. The number of carboxylic acid groups (broad SMARTS) is 2. The molecule has 1 heterocycles. The van der Waals surface area contributed by atoms with Crippen LogP contribution in [0.3, 0.4) is 0 Å². The average molecular weight is 646 g/mol. The van der Waals surface area contributed by atoms with Gasteiger partial charge in [-0.25, -0.2) is 4.79 Å². The lowest BCUT2D eigenvalue weighted by atomic mass is 10.0. The Morgan fingerprint density at radius 3 is 1.79 bits per heavy atom. The molecular formula is C33H35N5O9. The number of fused-ring (bicyclic) bond motifs is 1. The summed E-state index contributed by atoms with van der Waals surface area (Å²) in [6, 6.07) is 13.4. The maximum Gasteiger partial charge on any atom is 0.326 e. The molecule has 3 aromatic carbocycles. The third-order valence-electron chi connectivity index (χ3n) is 7.46. The number of phenolic OH excluding ortho intramolecular Hbond substituents is 2. The van der Waals surface area contributed by atoms with Crippen LogP contribution in [0.25, 0.3) is 10.9 Å². The molecule has 3 amide bonds. The summed E-state index contributed by atoms with van der Waals surface area (Å²) in [6.07, 6.45) is 0.557. The molecule has 14 heteroatoms. The highest BCUT2D eigenvalue weighted by Gasteiger charge is 2.32. The van der Waals surface area contributed by atoms with Crippen molar-refractivity contribution in [3.8, 4) is 11.5 Å². The van der Waals surface area contributed by atoms with Gasteiger partial charge in [-0.1, -0.05) is 42.5 Å². The summed E-state index contributed by atoms with van der Waals surface area (Å²) in [7, 11) is 0. The summed E-state index contributed by atoms with van der Waals surface area (Å²) in [4.78, 5) is 66.8. The van der Waals surface area contributed by atoms with E-state index in [0.29, 0.717) is 16.7 Å². The molecule has 0 aliphatic carbocycles. The van der Waals surface area contributed by atoms with Crippen molar-refractivity contribution in [3.63, 3.8) is 0 Å². The van der Waals surface area contributed by atoms with Crippen LogP contribution in [0, 0.1) is 0 Å². The molecule has 4 unspecified atom stereocenters. The number of nitrogens with two attached hydrogens (primary N) is 1. The third-order valence-corrected chi connectivity index (χ3v) is 7.46. The number of carboxylic acids is 2. The highest BCUT2D eigenvalue weighted by Crippen LogP contribution is 2.19. The SMILES string of the molecule is NC(Cc1ccc(O)cc1)C(=O)NC(Cc1ccc(O)cc1)C(=O)NC(CC(=O)O)C(=O)NC(Cc1c[nH]c2ccccc12)C(=O)O. The van der Waals surface area contributed by atoms with Crippen LogP contribution >= 0.6 is 0 Å². The second-order valence-electron chi connectivity index (χ2n) is 11.0. The van der Waals surface area contributed by atoms with Gasteiger partial charge >= 0.3 is 11.9 Å². The number of para-hydroxylation sites is 1. The molecule has 0 aliphatic heterocycles. The molecule has 4 rings (SSSR count). The minimum Gasteiger partial charge on any atom is -0.508 e. The Bertz CT molecular complexity index is 1740. The van der Waals surface area contributed by atoms with Crippen LogP contribution in [0.5, 0.6) is 11.5 Å². The molecule has 1 aromatic heterocycles. The number of aromatic amines is 1. The highest BCUT2D eigenvalue weighted by molar-refractivity contribution is 5.96. The van der Waals surface area contributed by atoms with Gasteiger partial charge in [-0.3, -0.25) is 19.2 Å². The van der Waals surface area contributed by atoms with Gasteiger partial charge in [-0.2, -0.15) is 0 Å². The van der Waals surface area contributed by atoms with Gasteiger partial charge in [0.25, 0.3) is 0 Å². The summed E-state index contributed by atoms with van der Waals surface area (Å²) >= 11 is 0. The van der Waals surface area contributed by atoms with Gasteiger partial charge in [0.15, 0.2) is 0 Å². The van der Waals surface area contributed by atoms with E-state index in [1.807, 2.05) is 0 Å². The Labute approximate surface area is 268 Å². The molecule has 10 N–H and O–H groups in total. The van der Waals surface area contributed by atoms with Gasteiger partial charge in [-0.05, 0) is 53.4 Å². The average Bonchev–Trinajstić information content (AvgIpc) is 3.44. The van der Waals surface area contributed by atoms with Gasteiger partial charge in [0, 0.05) is 29.9 Å². The Morgan fingerprint density at radius 1 is 0.660 bits per heavy atom. The van der Waals surface area contributed by atoms with Crippen LogP contribution in [-0.2, 0) is 43.2 Å². The van der Waals surface area contributed by atoms with E-state index in [9.17, 15) is 44.4 Å². The quantitative estimate of drug-likeness (QED) is 0.0886. The second-order valence-corrected chi connectivity index (χ2v) is 11.0. The van der Waals surface area contributed by atoms with Crippen LogP contribution in [0.2, 0.25) is 0 Å². The fraction of sp³-hybridized carbons (Fsp3) is 0.242. The van der Waals surface area contributed by atoms with Crippen molar-refractivity contribution < 1.29 is 44.4 Å². The number of benzene rings is 3. The van der Waals surface area contributed by atoms with Crippen LogP contribution in [0.1, 0.15) is 23.1 Å². The van der Waals surface area contributed by atoms with Crippen molar-refractivity contribution in [2.45, 2.75) is 49.9 Å². The minimum absolute atomic E-state index is 0.0324. The zero-order chi connectivity index (χ0) is 34.1. The predicted molar refractivity (Wildman–Crippen MR) is 169 cm³/mol. The van der Waals surface area contributed by atoms with Crippen molar-refractivity contribution in [3.05, 3.63) is 95.7 Å². The second kappa shape index (κ2) is 15.4. The number of hydrogen-bond acceptors (Lipinski definition) is 8. The van der Waals surface area contributed by atoms with Gasteiger partial charge < -0.3 is 47.1 Å². The van der Waals surface area contributed by atoms with Crippen LogP contribution < -0.4 is 21.7 Å². The van der Waals surface area contributed by atoms with Crippen molar-refractivity contribution >= 4 is 40.6 Å². The number of rotatable bonds is 15. The lowest BCUT2D eigenvalue weighted by Gasteiger charge is -2.25. The number of H-pyrrole nitrogens is 1. The van der Waals surface area contributed by atoms with Crippen molar-refractivity contribution in [1.82, 2.24) is 20.9 Å². The summed E-state index contributed by atoms with van der Waals surface area (Å²) in [6.45, 7) is 0. The Hall–Kier alpha value is -5.89. The van der Waals surface area contributed by atoms with Crippen LogP contribution in [-0.4, -0.2) is 79.2 Å². The largest absolute Gasteiger partial charge is 0.508 e. The molecule has 0 aliphatic rings. The summed E-state index contributed by atoms with van der Waals surface area (Å²) in [5.41, 5.74) is 8.62. The molecule has 4 aromatic rings. The van der Waals surface area contributed by atoms with E-state index in [2.05, 4.69) is 20.9 Å². The summed E-state index contributed by atoms with van der Waals surface area (Å²) in [5.74, 6) is -5.51. The maximum absolute atomic E-state index is 13.5. The van der Waals surface area contributed by atoms with Gasteiger partial charge in [0.1, 0.15) is 29.6 Å². The number of amides is 3. The molecule has 0 fully saturated rings. The normalized spacial score (nSPS) is 13.6. The molecular weight excluding hydrogens is 610 g/mol. The molecule has 0 spiro atoms. The van der Waals surface area contributed by atoms with E-state index in [1.54, 1.807) is 42.6 Å². The van der Waals surface area contributed by atoms with E-state index >= 15 is 0 Å². The Kier molecular flexibility index (Phi) is 11.1. The molecule has 0 radical (unpaired) electrons. The first-order valence-corrected chi connectivity index (χ1v) is 14.6. The molecule has 14 nitrogen and oxygen atoms in total. The number of hydrogen-bond donors (Lipinski definition) is 9. The standard InChI is InChI=1S/C33H35N5O9/c34-24(13-18-5-9-21(39)10-6-18)30(43)36-26(14-19-7-11-22(40)12-8-19)31(44)37-27(16-29(41)42)32(45)38-28(33(46)47)15-20-17-35-25-4-2-1-3-23(20)25/h1-12,17,24,26-28,35,39-40H,13-16,34H2,(H,36,43)(H,37,44)(H,38,45)(H,41,42)(H,46,47). The number of aliphatic carboxylic acids is 2. The van der Waals surface area contributed by atoms with E-state index < -0.39 is 60.2 Å². The van der Waals surface area contributed by atoms with Crippen molar-refractivity contribution in [2.24, 2.45) is 5.73 Å². The van der Waals surface area contributed by atoms with Gasteiger partial charge in [0.05, 0.1) is 12.5 Å². The van der Waals surface area contributed by atoms with E-state index in [4.69, 9.17) is 5.73 Å². The molecule has 0 saturated carbocycles. The van der Waals surface area contributed by atoms with E-state index in [-0.39, 0.29) is 30.8 Å². The lowest BCUT2D eigenvalue weighted by molar-refractivity contribution is -0.143. The molecule has 4 atom stereocenters. The van der Waals surface area contributed by atoms with Crippen LogP contribution in [0.4, 0.5) is 0 Å². The summed E-state index contributed by atoms with van der Waals surface area (Å²) < 4.78 is 0. The van der Waals surface area contributed by atoms with E-state index in [0.717, 1.165) is 10.9 Å². The Morgan fingerprint density at radius 2 is 1.19 bits per heavy atom. The Balaban J connectivity index is 1.50. The van der Waals surface area contributed by atoms with Gasteiger partial charge in [0.2, 0.25) is 17.7 Å². The number of carbonyl (C=O) groups is 5. The monoisotopic (exact) mass is 645 g/mol. The van der Waals surface area contributed by atoms with Crippen molar-refractivity contribution in [1.29, 1.82) is 0 Å². The highest BCUT2D eigenvalue weighted by atomic mass is 16.4. The van der Waals surface area contributed by atoms with Gasteiger partial charge in [-0.15, -0.1) is 0 Å². The number of carbonyl (C=O) groups excluding carboxylic acids is 3. The first-order chi connectivity index (χ1) is 22.4. The number of aromatic nitrogens is 1. The third kappa shape index (κ3) is 9.55.